The predicted octanol–water partition coefficient (Wildman–Crippen LogP) is 3.33. The molecule has 0 aliphatic carbocycles. The van der Waals surface area contributed by atoms with Crippen molar-refractivity contribution >= 4 is 5.78 Å². The van der Waals surface area contributed by atoms with E-state index >= 15 is 0 Å². The fourth-order valence-corrected chi connectivity index (χ4v) is 2.72. The molecular weight excluding hydrogens is 241 g/mol. The maximum atomic E-state index is 12.8. The predicted molar refractivity (Wildman–Crippen MR) is 75.1 cm³/mol. The molecule has 1 atom stereocenters. The number of rotatable bonds is 5. The van der Waals surface area contributed by atoms with Gasteiger partial charge in [-0.15, -0.1) is 0 Å². The maximum Gasteiger partial charge on any atom is 0.180 e. The van der Waals surface area contributed by atoms with Crippen molar-refractivity contribution in [3.8, 4) is 0 Å². The molecular formula is C16H22FNO. The van der Waals surface area contributed by atoms with Gasteiger partial charge in [0.15, 0.2) is 5.78 Å². The Bertz CT molecular complexity index is 398. The zero-order valence-electron chi connectivity index (χ0n) is 11.5. The van der Waals surface area contributed by atoms with Gasteiger partial charge >= 0.3 is 0 Å². The van der Waals surface area contributed by atoms with Crippen molar-refractivity contribution in [1.29, 1.82) is 0 Å². The largest absolute Gasteiger partial charge is 0.293 e. The van der Waals surface area contributed by atoms with E-state index in [2.05, 4.69) is 11.8 Å². The highest BCUT2D eigenvalue weighted by molar-refractivity contribution is 6.00. The molecule has 1 unspecified atom stereocenters. The summed E-state index contributed by atoms with van der Waals surface area (Å²) in [7, 11) is 0. The molecule has 1 aromatic carbocycles. The number of likely N-dealkylation sites (tertiary alicyclic amines) is 1. The van der Waals surface area contributed by atoms with Gasteiger partial charge in [0.2, 0.25) is 0 Å². The van der Waals surface area contributed by atoms with Gasteiger partial charge in [-0.25, -0.2) is 0 Å². The smallest absolute Gasteiger partial charge is 0.180 e. The first-order valence-electron chi connectivity index (χ1n) is 7.11. The van der Waals surface area contributed by atoms with Crippen LogP contribution in [0.4, 0.5) is 4.39 Å². The van der Waals surface area contributed by atoms with Crippen molar-refractivity contribution in [2.75, 3.05) is 19.8 Å². The van der Waals surface area contributed by atoms with E-state index in [0.29, 0.717) is 17.9 Å². The van der Waals surface area contributed by atoms with Gasteiger partial charge in [-0.2, -0.15) is 0 Å². The summed E-state index contributed by atoms with van der Waals surface area (Å²) in [5.41, 5.74) is 0.694. The van der Waals surface area contributed by atoms with E-state index in [-0.39, 0.29) is 11.8 Å². The molecule has 0 N–H and O–H groups in total. The summed E-state index contributed by atoms with van der Waals surface area (Å²) in [6.45, 7) is 3.62. The molecule has 1 heterocycles. The van der Waals surface area contributed by atoms with Crippen LogP contribution in [0, 0.1) is 5.92 Å². The Kier molecular flexibility index (Phi) is 5.08. The Labute approximate surface area is 114 Å². The Morgan fingerprint density at radius 3 is 2.53 bits per heavy atom. The molecule has 1 fully saturated rings. The number of piperidine rings is 1. The average Bonchev–Trinajstić information content (AvgIpc) is 2.46. The van der Waals surface area contributed by atoms with Gasteiger partial charge < -0.3 is 0 Å². The van der Waals surface area contributed by atoms with Gasteiger partial charge in [0.25, 0.3) is 0 Å². The Balaban J connectivity index is 2.09. The molecule has 1 saturated heterocycles. The molecule has 3 heteroatoms. The van der Waals surface area contributed by atoms with Crippen LogP contribution in [0.2, 0.25) is 0 Å². The number of hydrogen-bond donors (Lipinski definition) is 0. The molecule has 0 aromatic heterocycles. The second kappa shape index (κ2) is 6.80. The molecule has 1 aliphatic heterocycles. The van der Waals surface area contributed by atoms with Crippen molar-refractivity contribution in [1.82, 2.24) is 4.90 Å². The molecule has 19 heavy (non-hydrogen) atoms. The molecule has 0 bridgehead atoms. The summed E-state index contributed by atoms with van der Waals surface area (Å²) in [4.78, 5) is 14.7. The highest BCUT2D eigenvalue weighted by atomic mass is 19.1. The van der Waals surface area contributed by atoms with E-state index in [0.717, 1.165) is 25.9 Å². The van der Waals surface area contributed by atoms with E-state index < -0.39 is 6.67 Å². The molecule has 1 aromatic rings. The topological polar surface area (TPSA) is 20.3 Å². The fourth-order valence-electron chi connectivity index (χ4n) is 2.72. The Morgan fingerprint density at radius 1 is 1.32 bits per heavy atom. The Morgan fingerprint density at radius 2 is 1.95 bits per heavy atom. The third kappa shape index (κ3) is 3.63. The minimum absolute atomic E-state index is 0.0628. The number of ketones is 1. The van der Waals surface area contributed by atoms with Crippen LogP contribution in [0.25, 0.3) is 0 Å². The van der Waals surface area contributed by atoms with E-state index in [1.807, 2.05) is 30.3 Å². The zero-order valence-corrected chi connectivity index (χ0v) is 11.5. The first-order valence-corrected chi connectivity index (χ1v) is 7.11. The lowest BCUT2D eigenvalue weighted by atomic mass is 9.94. The molecule has 0 spiro atoms. The molecule has 2 rings (SSSR count). The average molecular weight is 263 g/mol. The lowest BCUT2D eigenvalue weighted by Crippen LogP contribution is -2.45. The normalized spacial score (nSPS) is 19.3. The monoisotopic (exact) mass is 263 g/mol. The summed E-state index contributed by atoms with van der Waals surface area (Å²) in [6, 6.07) is 8.96. The van der Waals surface area contributed by atoms with Crippen LogP contribution in [0.15, 0.2) is 30.3 Å². The highest BCUT2D eigenvalue weighted by Crippen LogP contribution is 2.21. The van der Waals surface area contributed by atoms with Crippen molar-refractivity contribution < 1.29 is 9.18 Å². The van der Waals surface area contributed by atoms with Crippen LogP contribution in [0.5, 0.6) is 0 Å². The number of hydrogen-bond acceptors (Lipinski definition) is 2. The minimum Gasteiger partial charge on any atom is -0.293 e. The number of carbonyl (C=O) groups excluding carboxylic acids is 1. The van der Waals surface area contributed by atoms with E-state index in [1.165, 1.54) is 0 Å². The first kappa shape index (κ1) is 14.2. The maximum absolute atomic E-state index is 12.8. The number of alkyl halides is 1. The second-order valence-electron chi connectivity index (χ2n) is 5.44. The van der Waals surface area contributed by atoms with E-state index in [9.17, 15) is 9.18 Å². The van der Waals surface area contributed by atoms with Gasteiger partial charge in [-0.1, -0.05) is 37.3 Å². The number of halogens is 1. The van der Waals surface area contributed by atoms with Gasteiger partial charge in [-0.3, -0.25) is 14.1 Å². The summed E-state index contributed by atoms with van der Waals surface area (Å²) in [5, 5.41) is 0. The molecule has 1 aliphatic rings. The molecule has 0 saturated carbocycles. The SMILES string of the molecule is CC1CCN(C(CCF)C(=O)c2ccccc2)CC1. The highest BCUT2D eigenvalue weighted by Gasteiger charge is 2.28. The Hall–Kier alpha value is -1.22. The minimum atomic E-state index is -0.435. The van der Waals surface area contributed by atoms with Crippen LogP contribution in [-0.2, 0) is 0 Å². The van der Waals surface area contributed by atoms with Gasteiger partial charge in [0, 0.05) is 5.56 Å². The standard InChI is InChI=1S/C16H22FNO/c1-13-8-11-18(12-9-13)15(7-10-17)16(19)14-5-3-2-4-6-14/h2-6,13,15H,7-12H2,1H3. The van der Waals surface area contributed by atoms with Crippen LogP contribution in [0.3, 0.4) is 0 Å². The van der Waals surface area contributed by atoms with Crippen molar-refractivity contribution in [3.05, 3.63) is 35.9 Å². The van der Waals surface area contributed by atoms with Crippen molar-refractivity contribution in [2.45, 2.75) is 32.2 Å². The molecule has 104 valence electrons. The molecule has 2 nitrogen and oxygen atoms in total. The summed E-state index contributed by atoms with van der Waals surface area (Å²) in [5.74, 6) is 0.780. The lowest BCUT2D eigenvalue weighted by Gasteiger charge is -2.35. The lowest BCUT2D eigenvalue weighted by molar-refractivity contribution is 0.0719. The quantitative estimate of drug-likeness (QED) is 0.759. The number of Topliss-reactive ketones (excluding diaryl/α,β-unsaturated/α-hetero) is 1. The molecule has 0 radical (unpaired) electrons. The van der Waals surface area contributed by atoms with Gasteiger partial charge in [0.1, 0.15) is 0 Å². The summed E-state index contributed by atoms with van der Waals surface area (Å²) >= 11 is 0. The van der Waals surface area contributed by atoms with Crippen LogP contribution < -0.4 is 0 Å². The number of nitrogens with zero attached hydrogens (tertiary/aromatic N) is 1. The summed E-state index contributed by atoms with van der Waals surface area (Å²) < 4.78 is 12.8. The summed E-state index contributed by atoms with van der Waals surface area (Å²) in [6.07, 6.45) is 2.51. The van der Waals surface area contributed by atoms with Crippen LogP contribution >= 0.6 is 0 Å². The fraction of sp³-hybridized carbons (Fsp3) is 0.562. The van der Waals surface area contributed by atoms with Crippen LogP contribution in [0.1, 0.15) is 36.5 Å². The second-order valence-corrected chi connectivity index (χ2v) is 5.44. The zero-order chi connectivity index (χ0) is 13.7. The third-order valence-electron chi connectivity index (χ3n) is 4.00. The van der Waals surface area contributed by atoms with E-state index in [1.54, 1.807) is 0 Å². The number of benzene rings is 1. The van der Waals surface area contributed by atoms with Gasteiger partial charge in [0.05, 0.1) is 12.7 Å². The van der Waals surface area contributed by atoms with Crippen LogP contribution in [-0.4, -0.2) is 36.5 Å². The van der Waals surface area contributed by atoms with Crippen molar-refractivity contribution in [3.63, 3.8) is 0 Å². The third-order valence-corrected chi connectivity index (χ3v) is 4.00. The molecule has 0 amide bonds. The van der Waals surface area contributed by atoms with Gasteiger partial charge in [-0.05, 0) is 38.3 Å². The van der Waals surface area contributed by atoms with Crippen molar-refractivity contribution in [2.24, 2.45) is 5.92 Å². The first-order chi connectivity index (χ1) is 9.22. The number of carbonyl (C=O) groups is 1. The van der Waals surface area contributed by atoms with E-state index in [4.69, 9.17) is 0 Å².